The average molecular weight is 298 g/mol. The molecule has 1 unspecified atom stereocenters. The second-order valence-electron chi connectivity index (χ2n) is 4.87. The predicted octanol–water partition coefficient (Wildman–Crippen LogP) is 1.97. The van der Waals surface area contributed by atoms with E-state index < -0.39 is 10.0 Å². The van der Waals surface area contributed by atoms with Gasteiger partial charge in [0, 0.05) is 19.7 Å². The van der Waals surface area contributed by atoms with Gasteiger partial charge in [-0.05, 0) is 38.3 Å². The van der Waals surface area contributed by atoms with Gasteiger partial charge in [-0.1, -0.05) is 12.1 Å². The van der Waals surface area contributed by atoms with Crippen molar-refractivity contribution in [2.75, 3.05) is 25.0 Å². The van der Waals surface area contributed by atoms with Crippen molar-refractivity contribution in [3.63, 3.8) is 0 Å². The molecular formula is C14H22N2O3S. The topological polar surface area (TPSA) is 67.4 Å². The molecule has 1 atom stereocenters. The molecule has 5 nitrogen and oxygen atoms in total. The molecule has 6 heteroatoms. The summed E-state index contributed by atoms with van der Waals surface area (Å²) in [5.74, 6) is 0. The number of benzene rings is 1. The lowest BCUT2D eigenvalue weighted by Crippen LogP contribution is -2.35. The summed E-state index contributed by atoms with van der Waals surface area (Å²) in [6, 6.07) is 6.94. The van der Waals surface area contributed by atoms with Gasteiger partial charge >= 0.3 is 0 Å². The second kappa shape index (κ2) is 7.06. The van der Waals surface area contributed by atoms with Gasteiger partial charge in [-0.3, -0.25) is 0 Å². The minimum atomic E-state index is -3.51. The van der Waals surface area contributed by atoms with Crippen LogP contribution in [0.1, 0.15) is 26.2 Å². The lowest BCUT2D eigenvalue weighted by molar-refractivity contribution is 0.0200. The SMILES string of the molecule is CCNc1ccccc1S(=O)(=O)NCC1CCCCO1. The minimum absolute atomic E-state index is 0.00942. The molecule has 2 N–H and O–H groups in total. The number of hydrogen-bond donors (Lipinski definition) is 2. The van der Waals surface area contributed by atoms with Crippen LogP contribution in [-0.4, -0.2) is 34.2 Å². The highest BCUT2D eigenvalue weighted by Crippen LogP contribution is 2.21. The van der Waals surface area contributed by atoms with Gasteiger partial charge in [0.2, 0.25) is 10.0 Å². The van der Waals surface area contributed by atoms with Crippen LogP contribution in [0.25, 0.3) is 0 Å². The number of sulfonamides is 1. The summed E-state index contributed by atoms with van der Waals surface area (Å²) >= 11 is 0. The van der Waals surface area contributed by atoms with Gasteiger partial charge in [-0.2, -0.15) is 0 Å². The van der Waals surface area contributed by atoms with E-state index in [1.807, 2.05) is 13.0 Å². The largest absolute Gasteiger partial charge is 0.384 e. The molecule has 112 valence electrons. The van der Waals surface area contributed by atoms with Crippen molar-refractivity contribution >= 4 is 15.7 Å². The predicted molar refractivity (Wildman–Crippen MR) is 79.4 cm³/mol. The third-order valence-corrected chi connectivity index (χ3v) is 4.80. The Labute approximate surface area is 120 Å². The molecule has 0 saturated carbocycles. The summed E-state index contributed by atoms with van der Waals surface area (Å²) < 4.78 is 32.9. The fourth-order valence-corrected chi connectivity index (χ4v) is 3.53. The Morgan fingerprint density at radius 2 is 2.10 bits per heavy atom. The molecule has 0 aliphatic carbocycles. The molecule has 2 rings (SSSR count). The fourth-order valence-electron chi connectivity index (χ4n) is 2.29. The Hall–Kier alpha value is -1.11. The molecule has 1 heterocycles. The summed E-state index contributed by atoms with van der Waals surface area (Å²) in [6.45, 7) is 3.67. The zero-order valence-corrected chi connectivity index (χ0v) is 12.6. The molecule has 0 radical (unpaired) electrons. The van der Waals surface area contributed by atoms with Crippen molar-refractivity contribution < 1.29 is 13.2 Å². The maximum absolute atomic E-state index is 12.4. The quantitative estimate of drug-likeness (QED) is 0.842. The summed E-state index contributed by atoms with van der Waals surface area (Å²) in [4.78, 5) is 0.289. The standard InChI is InChI=1S/C14H22N2O3S/c1-2-15-13-8-3-4-9-14(13)20(17,18)16-11-12-7-5-6-10-19-12/h3-4,8-9,12,15-16H,2,5-7,10-11H2,1H3. The highest BCUT2D eigenvalue weighted by molar-refractivity contribution is 7.89. The van der Waals surface area contributed by atoms with Crippen molar-refractivity contribution in [3.05, 3.63) is 24.3 Å². The second-order valence-corrected chi connectivity index (χ2v) is 6.60. The van der Waals surface area contributed by atoms with Crippen molar-refractivity contribution in [1.29, 1.82) is 0 Å². The van der Waals surface area contributed by atoms with Gasteiger partial charge < -0.3 is 10.1 Å². The summed E-state index contributed by atoms with van der Waals surface area (Å²) in [7, 11) is -3.51. The van der Waals surface area contributed by atoms with E-state index in [1.165, 1.54) is 0 Å². The Morgan fingerprint density at radius 3 is 2.80 bits per heavy atom. The highest BCUT2D eigenvalue weighted by Gasteiger charge is 2.21. The first-order chi connectivity index (χ1) is 9.63. The molecular weight excluding hydrogens is 276 g/mol. The maximum atomic E-state index is 12.4. The molecule has 1 aliphatic rings. The molecule has 1 fully saturated rings. The Morgan fingerprint density at radius 1 is 1.30 bits per heavy atom. The number of ether oxygens (including phenoxy) is 1. The third kappa shape index (κ3) is 3.94. The van der Waals surface area contributed by atoms with E-state index in [4.69, 9.17) is 4.74 Å². The first kappa shape index (κ1) is 15.3. The first-order valence-corrected chi connectivity index (χ1v) is 8.56. The summed E-state index contributed by atoms with van der Waals surface area (Å²) in [6.07, 6.45) is 3.06. The van der Waals surface area contributed by atoms with Crippen LogP contribution in [0.4, 0.5) is 5.69 Å². The van der Waals surface area contributed by atoms with E-state index in [0.29, 0.717) is 18.8 Å². The van der Waals surface area contributed by atoms with Crippen LogP contribution in [0.3, 0.4) is 0 Å². The van der Waals surface area contributed by atoms with Crippen molar-refractivity contribution in [3.8, 4) is 0 Å². The third-order valence-electron chi connectivity index (χ3n) is 3.32. The van der Waals surface area contributed by atoms with Gasteiger partial charge in [0.05, 0.1) is 11.8 Å². The van der Waals surface area contributed by atoms with Crippen LogP contribution in [0, 0.1) is 0 Å². The number of hydrogen-bond acceptors (Lipinski definition) is 4. The lowest BCUT2D eigenvalue weighted by Gasteiger charge is -2.23. The molecule has 0 amide bonds. The van der Waals surface area contributed by atoms with Gasteiger partial charge in [-0.25, -0.2) is 13.1 Å². The summed E-state index contributed by atoms with van der Waals surface area (Å²) in [5.41, 5.74) is 0.632. The van der Waals surface area contributed by atoms with Crippen molar-refractivity contribution in [2.45, 2.75) is 37.2 Å². The molecule has 1 saturated heterocycles. The molecule has 20 heavy (non-hydrogen) atoms. The Kier molecular flexibility index (Phi) is 5.39. The summed E-state index contributed by atoms with van der Waals surface area (Å²) in [5, 5.41) is 3.07. The molecule has 0 bridgehead atoms. The van der Waals surface area contributed by atoms with E-state index in [2.05, 4.69) is 10.0 Å². The van der Waals surface area contributed by atoms with Gasteiger partial charge in [0.25, 0.3) is 0 Å². The number of para-hydroxylation sites is 1. The van der Waals surface area contributed by atoms with E-state index in [9.17, 15) is 8.42 Å². The van der Waals surface area contributed by atoms with Crippen LogP contribution in [0.2, 0.25) is 0 Å². The van der Waals surface area contributed by atoms with E-state index in [0.717, 1.165) is 25.9 Å². The van der Waals surface area contributed by atoms with Gasteiger partial charge in [-0.15, -0.1) is 0 Å². The van der Waals surface area contributed by atoms with Crippen LogP contribution < -0.4 is 10.0 Å². The zero-order valence-electron chi connectivity index (χ0n) is 11.8. The lowest BCUT2D eigenvalue weighted by atomic mass is 10.1. The molecule has 1 aliphatic heterocycles. The molecule has 0 aromatic heterocycles. The van der Waals surface area contributed by atoms with Gasteiger partial charge in [0.15, 0.2) is 0 Å². The maximum Gasteiger partial charge on any atom is 0.242 e. The fraction of sp³-hybridized carbons (Fsp3) is 0.571. The van der Waals surface area contributed by atoms with E-state index >= 15 is 0 Å². The van der Waals surface area contributed by atoms with Crippen molar-refractivity contribution in [1.82, 2.24) is 4.72 Å². The Balaban J connectivity index is 2.05. The smallest absolute Gasteiger partial charge is 0.242 e. The number of anilines is 1. The zero-order chi connectivity index (χ0) is 14.4. The van der Waals surface area contributed by atoms with Crippen LogP contribution in [0.15, 0.2) is 29.2 Å². The van der Waals surface area contributed by atoms with Crippen LogP contribution >= 0.6 is 0 Å². The Bertz CT molecular complexity index is 525. The van der Waals surface area contributed by atoms with E-state index in [1.54, 1.807) is 18.2 Å². The van der Waals surface area contributed by atoms with E-state index in [-0.39, 0.29) is 11.0 Å². The molecule has 1 aromatic carbocycles. The first-order valence-electron chi connectivity index (χ1n) is 7.07. The molecule has 1 aromatic rings. The minimum Gasteiger partial charge on any atom is -0.384 e. The number of rotatable bonds is 6. The average Bonchev–Trinajstić information content (AvgIpc) is 2.47. The highest BCUT2D eigenvalue weighted by atomic mass is 32.2. The van der Waals surface area contributed by atoms with Crippen LogP contribution in [0.5, 0.6) is 0 Å². The van der Waals surface area contributed by atoms with Crippen LogP contribution in [-0.2, 0) is 14.8 Å². The molecule has 0 spiro atoms. The normalized spacial score (nSPS) is 19.8. The monoisotopic (exact) mass is 298 g/mol. The van der Waals surface area contributed by atoms with Gasteiger partial charge in [0.1, 0.15) is 4.90 Å². The number of nitrogens with one attached hydrogen (secondary N) is 2. The van der Waals surface area contributed by atoms with Crippen molar-refractivity contribution in [2.24, 2.45) is 0 Å².